The van der Waals surface area contributed by atoms with Gasteiger partial charge in [0.1, 0.15) is 6.61 Å². The number of nitrogens with one attached hydrogen (secondary N) is 1. The lowest BCUT2D eigenvalue weighted by atomic mass is 10.2. The van der Waals surface area contributed by atoms with E-state index < -0.39 is 0 Å². The van der Waals surface area contributed by atoms with E-state index in [4.69, 9.17) is 4.74 Å². The Kier molecular flexibility index (Phi) is 1.53. The van der Waals surface area contributed by atoms with Gasteiger partial charge in [-0.05, 0) is 12.1 Å². The summed E-state index contributed by atoms with van der Waals surface area (Å²) in [7, 11) is 0. The summed E-state index contributed by atoms with van der Waals surface area (Å²) < 4.78 is 5.38. The van der Waals surface area contributed by atoms with Gasteiger partial charge in [0.25, 0.3) is 0 Å². The van der Waals surface area contributed by atoms with Gasteiger partial charge in [-0.2, -0.15) is 5.10 Å². The second-order valence-corrected chi connectivity index (χ2v) is 3.21. The van der Waals surface area contributed by atoms with Gasteiger partial charge in [0, 0.05) is 10.9 Å². The van der Waals surface area contributed by atoms with Crippen LogP contribution in [0.4, 0.5) is 0 Å². The first-order valence-corrected chi connectivity index (χ1v) is 4.54. The highest BCUT2D eigenvalue weighted by molar-refractivity contribution is 5.98. The Morgan fingerprint density at radius 1 is 1.36 bits per heavy atom. The molecule has 2 heterocycles. The average Bonchev–Trinajstić information content (AvgIpc) is 2.88. The number of hydrogen-bond acceptors (Lipinski definition) is 3. The van der Waals surface area contributed by atoms with Crippen molar-refractivity contribution in [3.05, 3.63) is 30.0 Å². The number of nitrogens with zero attached hydrogens (tertiary/aromatic N) is 2. The predicted molar refractivity (Wildman–Crippen MR) is 53.4 cm³/mol. The molecule has 1 aliphatic heterocycles. The zero-order valence-electron chi connectivity index (χ0n) is 7.53. The number of aliphatic imine (C=N–C) groups is 1. The lowest BCUT2D eigenvalue weighted by Gasteiger charge is -2.00. The normalized spacial score (nSPS) is 15.6. The molecule has 0 amide bonds. The molecule has 4 nitrogen and oxygen atoms in total. The van der Waals surface area contributed by atoms with Crippen LogP contribution in [0.2, 0.25) is 0 Å². The van der Waals surface area contributed by atoms with Crippen molar-refractivity contribution in [3.63, 3.8) is 0 Å². The molecule has 0 aliphatic carbocycles. The van der Waals surface area contributed by atoms with Crippen LogP contribution in [0.25, 0.3) is 10.9 Å². The monoisotopic (exact) mass is 187 g/mol. The number of rotatable bonds is 1. The molecule has 0 spiro atoms. The first-order valence-electron chi connectivity index (χ1n) is 4.54. The molecule has 14 heavy (non-hydrogen) atoms. The van der Waals surface area contributed by atoms with Crippen LogP contribution in [0.15, 0.2) is 29.4 Å². The first-order chi connectivity index (χ1) is 6.93. The molecule has 0 unspecified atom stereocenters. The third-order valence-electron chi connectivity index (χ3n) is 2.27. The molecule has 2 aromatic rings. The van der Waals surface area contributed by atoms with Crippen molar-refractivity contribution in [2.75, 3.05) is 13.2 Å². The average molecular weight is 187 g/mol. The van der Waals surface area contributed by atoms with Gasteiger partial charge in [-0.15, -0.1) is 0 Å². The van der Waals surface area contributed by atoms with Crippen LogP contribution >= 0.6 is 0 Å². The van der Waals surface area contributed by atoms with Gasteiger partial charge in [-0.1, -0.05) is 6.07 Å². The molecular formula is C10H9N3O. The van der Waals surface area contributed by atoms with Crippen molar-refractivity contribution in [1.29, 1.82) is 0 Å². The Morgan fingerprint density at radius 2 is 2.36 bits per heavy atom. The van der Waals surface area contributed by atoms with E-state index in [1.807, 2.05) is 18.2 Å². The molecule has 0 atom stereocenters. The Morgan fingerprint density at radius 3 is 3.21 bits per heavy atom. The summed E-state index contributed by atoms with van der Waals surface area (Å²) in [6, 6.07) is 6.02. The van der Waals surface area contributed by atoms with Crippen molar-refractivity contribution >= 4 is 16.8 Å². The van der Waals surface area contributed by atoms with E-state index in [9.17, 15) is 0 Å². The SMILES string of the molecule is c1cc2cn[nH]c2cc1C1=NCCO1. The van der Waals surface area contributed by atoms with E-state index >= 15 is 0 Å². The highest BCUT2D eigenvalue weighted by Gasteiger charge is 2.10. The van der Waals surface area contributed by atoms with Crippen LogP contribution in [-0.4, -0.2) is 29.2 Å². The highest BCUT2D eigenvalue weighted by Crippen LogP contribution is 2.15. The number of benzene rings is 1. The number of aromatic nitrogens is 2. The molecule has 0 fully saturated rings. The summed E-state index contributed by atoms with van der Waals surface area (Å²) in [5.41, 5.74) is 2.03. The standard InChI is InChI=1S/C10H9N3O/c1-2-8-6-12-13-9(8)5-7(1)10-11-3-4-14-10/h1-2,5-6H,3-4H2,(H,12,13). The van der Waals surface area contributed by atoms with Crippen LogP contribution in [0, 0.1) is 0 Å². The summed E-state index contributed by atoms with van der Waals surface area (Å²) >= 11 is 0. The minimum atomic E-state index is 0.691. The molecule has 70 valence electrons. The van der Waals surface area contributed by atoms with E-state index in [-0.39, 0.29) is 0 Å². The zero-order chi connectivity index (χ0) is 9.38. The minimum Gasteiger partial charge on any atom is -0.476 e. The summed E-state index contributed by atoms with van der Waals surface area (Å²) in [4.78, 5) is 4.26. The predicted octanol–water partition coefficient (Wildman–Crippen LogP) is 1.34. The number of aromatic amines is 1. The fourth-order valence-electron chi connectivity index (χ4n) is 1.58. The number of ether oxygens (including phenoxy) is 1. The van der Waals surface area contributed by atoms with E-state index in [1.54, 1.807) is 6.20 Å². The van der Waals surface area contributed by atoms with Crippen LogP contribution in [0.1, 0.15) is 5.56 Å². The van der Waals surface area contributed by atoms with Crippen molar-refractivity contribution in [3.8, 4) is 0 Å². The van der Waals surface area contributed by atoms with Crippen molar-refractivity contribution in [2.24, 2.45) is 4.99 Å². The highest BCUT2D eigenvalue weighted by atomic mass is 16.5. The molecule has 1 aromatic carbocycles. The van der Waals surface area contributed by atoms with Gasteiger partial charge in [0.15, 0.2) is 0 Å². The zero-order valence-corrected chi connectivity index (χ0v) is 7.53. The summed E-state index contributed by atoms with van der Waals surface area (Å²) in [6.45, 7) is 1.45. The van der Waals surface area contributed by atoms with Crippen LogP contribution in [-0.2, 0) is 4.74 Å². The van der Waals surface area contributed by atoms with Gasteiger partial charge in [-0.25, -0.2) is 4.99 Å². The fraction of sp³-hybridized carbons (Fsp3) is 0.200. The second-order valence-electron chi connectivity index (χ2n) is 3.21. The van der Waals surface area contributed by atoms with Crippen LogP contribution in [0.5, 0.6) is 0 Å². The van der Waals surface area contributed by atoms with Gasteiger partial charge < -0.3 is 4.74 Å². The van der Waals surface area contributed by atoms with Gasteiger partial charge in [0.05, 0.1) is 18.3 Å². The van der Waals surface area contributed by atoms with Gasteiger partial charge >= 0.3 is 0 Å². The largest absolute Gasteiger partial charge is 0.476 e. The number of H-pyrrole nitrogens is 1. The molecule has 0 bridgehead atoms. The maximum absolute atomic E-state index is 5.38. The second kappa shape index (κ2) is 2.83. The van der Waals surface area contributed by atoms with Crippen molar-refractivity contribution in [2.45, 2.75) is 0 Å². The molecule has 1 N–H and O–H groups in total. The Balaban J connectivity index is 2.13. The van der Waals surface area contributed by atoms with Crippen molar-refractivity contribution < 1.29 is 4.74 Å². The third kappa shape index (κ3) is 1.08. The smallest absolute Gasteiger partial charge is 0.216 e. The van der Waals surface area contributed by atoms with E-state index in [1.165, 1.54) is 0 Å². The minimum absolute atomic E-state index is 0.691. The van der Waals surface area contributed by atoms with E-state index in [0.717, 1.165) is 28.9 Å². The molecular weight excluding hydrogens is 178 g/mol. The lowest BCUT2D eigenvalue weighted by Crippen LogP contribution is -2.00. The van der Waals surface area contributed by atoms with Crippen LogP contribution < -0.4 is 0 Å². The Hall–Kier alpha value is -1.84. The number of fused-ring (bicyclic) bond motifs is 1. The summed E-state index contributed by atoms with van der Waals surface area (Å²) in [5, 5.41) is 7.99. The van der Waals surface area contributed by atoms with Gasteiger partial charge in [0.2, 0.25) is 5.90 Å². The maximum atomic E-state index is 5.38. The van der Waals surface area contributed by atoms with Gasteiger partial charge in [-0.3, -0.25) is 5.10 Å². The maximum Gasteiger partial charge on any atom is 0.216 e. The van der Waals surface area contributed by atoms with E-state index in [0.29, 0.717) is 6.61 Å². The molecule has 0 radical (unpaired) electrons. The molecule has 4 heteroatoms. The van der Waals surface area contributed by atoms with E-state index in [2.05, 4.69) is 15.2 Å². The quantitative estimate of drug-likeness (QED) is 0.732. The van der Waals surface area contributed by atoms with Crippen molar-refractivity contribution in [1.82, 2.24) is 10.2 Å². The molecule has 0 saturated carbocycles. The lowest BCUT2D eigenvalue weighted by molar-refractivity contribution is 0.348. The fourth-order valence-corrected chi connectivity index (χ4v) is 1.58. The van der Waals surface area contributed by atoms with Crippen LogP contribution in [0.3, 0.4) is 0 Å². The summed E-state index contributed by atoms with van der Waals surface area (Å²) in [5.74, 6) is 0.738. The Labute approximate surface area is 80.6 Å². The first kappa shape index (κ1) is 7.55. The molecule has 1 aliphatic rings. The molecule has 0 saturated heterocycles. The number of hydrogen-bond donors (Lipinski definition) is 1. The topological polar surface area (TPSA) is 50.3 Å². The molecule has 3 rings (SSSR count). The summed E-state index contributed by atoms with van der Waals surface area (Å²) in [6.07, 6.45) is 1.80. The Bertz CT molecular complexity index is 501. The third-order valence-corrected chi connectivity index (χ3v) is 2.27. The molecule has 1 aromatic heterocycles.